The summed E-state index contributed by atoms with van der Waals surface area (Å²) in [4.78, 5) is 7.15. The van der Waals surface area contributed by atoms with Gasteiger partial charge in [0.25, 0.3) is 0 Å². The van der Waals surface area contributed by atoms with Gasteiger partial charge in [-0.25, -0.2) is 0 Å². The summed E-state index contributed by atoms with van der Waals surface area (Å²) in [5.41, 5.74) is 4.69. The van der Waals surface area contributed by atoms with Crippen LogP contribution in [-0.4, -0.2) is 18.2 Å². The van der Waals surface area contributed by atoms with Crippen molar-refractivity contribution in [3.8, 4) is 0 Å². The first kappa shape index (κ1) is 10.5. The van der Waals surface area contributed by atoms with E-state index in [2.05, 4.69) is 9.98 Å². The highest BCUT2D eigenvalue weighted by molar-refractivity contribution is 5.84. The summed E-state index contributed by atoms with van der Waals surface area (Å²) in [5, 5.41) is 0. The lowest BCUT2D eigenvalue weighted by Crippen LogP contribution is -2.08. The monoisotopic (exact) mass is 203 g/mol. The van der Waals surface area contributed by atoms with Crippen LogP contribution in [0, 0.1) is 0 Å². The molecule has 0 aromatic carbocycles. The molecule has 1 aromatic heterocycles. The van der Waals surface area contributed by atoms with E-state index in [-0.39, 0.29) is 11.4 Å². The second-order valence-corrected chi connectivity index (χ2v) is 2.58. The van der Waals surface area contributed by atoms with Crippen LogP contribution in [0.1, 0.15) is 11.3 Å². The van der Waals surface area contributed by atoms with Gasteiger partial charge in [0, 0.05) is 19.5 Å². The van der Waals surface area contributed by atoms with E-state index in [9.17, 15) is 13.2 Å². The van der Waals surface area contributed by atoms with Crippen LogP contribution >= 0.6 is 0 Å². The van der Waals surface area contributed by atoms with E-state index in [1.165, 1.54) is 13.3 Å². The molecule has 14 heavy (non-hydrogen) atoms. The number of hydrogen-bond donors (Lipinski definition) is 1. The Balaban J connectivity index is 3.13. The second-order valence-electron chi connectivity index (χ2n) is 2.58. The van der Waals surface area contributed by atoms with Crippen LogP contribution in [0.3, 0.4) is 0 Å². The lowest BCUT2D eigenvalue weighted by molar-refractivity contribution is -0.137. The SMILES string of the molecule is CN=Cc1ncc(C(F)(F)F)cc1N. The van der Waals surface area contributed by atoms with Crippen molar-refractivity contribution in [3.05, 3.63) is 23.5 Å². The summed E-state index contributed by atoms with van der Waals surface area (Å²) < 4.78 is 36.5. The average Bonchev–Trinajstić information content (AvgIpc) is 2.07. The number of anilines is 1. The summed E-state index contributed by atoms with van der Waals surface area (Å²) in [6.45, 7) is 0. The molecule has 3 nitrogen and oxygen atoms in total. The maximum absolute atomic E-state index is 12.2. The van der Waals surface area contributed by atoms with Crippen molar-refractivity contribution in [3.63, 3.8) is 0 Å². The van der Waals surface area contributed by atoms with Gasteiger partial charge < -0.3 is 5.73 Å². The highest BCUT2D eigenvalue weighted by atomic mass is 19.4. The Bertz CT molecular complexity index is 357. The molecule has 76 valence electrons. The predicted molar refractivity (Wildman–Crippen MR) is 47.2 cm³/mol. The largest absolute Gasteiger partial charge is 0.417 e. The van der Waals surface area contributed by atoms with Crippen molar-refractivity contribution in [2.45, 2.75) is 6.18 Å². The van der Waals surface area contributed by atoms with Gasteiger partial charge in [-0.05, 0) is 6.07 Å². The van der Waals surface area contributed by atoms with Crippen molar-refractivity contribution >= 4 is 11.9 Å². The molecule has 0 bridgehead atoms. The molecule has 6 heteroatoms. The zero-order valence-electron chi connectivity index (χ0n) is 7.34. The summed E-state index contributed by atoms with van der Waals surface area (Å²) in [7, 11) is 1.48. The van der Waals surface area contributed by atoms with Gasteiger partial charge in [-0.15, -0.1) is 0 Å². The molecule has 0 fully saturated rings. The number of aliphatic imine (C=N–C) groups is 1. The Morgan fingerprint density at radius 3 is 2.57 bits per heavy atom. The number of hydrogen-bond acceptors (Lipinski definition) is 3. The van der Waals surface area contributed by atoms with Gasteiger partial charge in [0.05, 0.1) is 11.3 Å². The number of nitrogen functional groups attached to an aromatic ring is 1. The fraction of sp³-hybridized carbons (Fsp3) is 0.250. The second kappa shape index (κ2) is 3.65. The topological polar surface area (TPSA) is 51.3 Å². The number of pyridine rings is 1. The first-order valence-corrected chi connectivity index (χ1v) is 3.70. The Morgan fingerprint density at radius 2 is 2.14 bits per heavy atom. The van der Waals surface area contributed by atoms with Crippen LogP contribution in [0.25, 0.3) is 0 Å². The Morgan fingerprint density at radius 1 is 1.50 bits per heavy atom. The molecule has 2 N–H and O–H groups in total. The Kier molecular flexibility index (Phi) is 2.73. The van der Waals surface area contributed by atoms with Crippen molar-refractivity contribution < 1.29 is 13.2 Å². The average molecular weight is 203 g/mol. The molecule has 0 saturated heterocycles. The highest BCUT2D eigenvalue weighted by Gasteiger charge is 2.31. The molecule has 0 atom stereocenters. The molecule has 0 aliphatic heterocycles. The molecule has 0 spiro atoms. The molecule has 0 saturated carbocycles. The Hall–Kier alpha value is -1.59. The first-order chi connectivity index (χ1) is 6.45. The van der Waals surface area contributed by atoms with Crippen LogP contribution < -0.4 is 5.73 Å². The number of halogens is 3. The van der Waals surface area contributed by atoms with E-state index >= 15 is 0 Å². The van der Waals surface area contributed by atoms with Crippen LogP contribution in [0.2, 0.25) is 0 Å². The zero-order valence-corrected chi connectivity index (χ0v) is 7.34. The lowest BCUT2D eigenvalue weighted by Gasteiger charge is -2.07. The minimum atomic E-state index is -4.41. The van der Waals surface area contributed by atoms with Crippen molar-refractivity contribution in [2.75, 3.05) is 12.8 Å². The van der Waals surface area contributed by atoms with E-state index < -0.39 is 11.7 Å². The molecule has 0 aliphatic carbocycles. The molecule has 0 aliphatic rings. The number of alkyl halides is 3. The van der Waals surface area contributed by atoms with Gasteiger partial charge in [0.2, 0.25) is 0 Å². The fourth-order valence-corrected chi connectivity index (χ4v) is 0.878. The quantitative estimate of drug-likeness (QED) is 0.706. The van der Waals surface area contributed by atoms with Crippen molar-refractivity contribution in [1.82, 2.24) is 4.98 Å². The third kappa shape index (κ3) is 2.21. The molecular weight excluding hydrogens is 195 g/mol. The molecule has 0 amide bonds. The maximum Gasteiger partial charge on any atom is 0.417 e. The van der Waals surface area contributed by atoms with Gasteiger partial charge >= 0.3 is 6.18 Å². The fourth-order valence-electron chi connectivity index (χ4n) is 0.878. The van der Waals surface area contributed by atoms with Crippen LogP contribution in [0.5, 0.6) is 0 Å². The molecular formula is C8H8F3N3. The molecule has 1 heterocycles. The van der Waals surface area contributed by atoms with E-state index in [1.54, 1.807) is 0 Å². The first-order valence-electron chi connectivity index (χ1n) is 3.70. The minimum absolute atomic E-state index is 0.0366. The minimum Gasteiger partial charge on any atom is -0.397 e. The maximum atomic E-state index is 12.2. The van der Waals surface area contributed by atoms with Crippen LogP contribution in [0.4, 0.5) is 18.9 Å². The van der Waals surface area contributed by atoms with Crippen LogP contribution in [-0.2, 0) is 6.18 Å². The summed E-state index contributed by atoms with van der Waals surface area (Å²) >= 11 is 0. The number of aromatic nitrogens is 1. The normalized spacial score (nSPS) is 12.3. The molecule has 0 unspecified atom stereocenters. The van der Waals surface area contributed by atoms with E-state index in [0.29, 0.717) is 0 Å². The Labute approximate surface area is 78.5 Å². The van der Waals surface area contributed by atoms with Gasteiger partial charge in [0.15, 0.2) is 0 Å². The van der Waals surface area contributed by atoms with Gasteiger partial charge in [-0.3, -0.25) is 9.98 Å². The molecule has 1 aromatic rings. The van der Waals surface area contributed by atoms with Crippen molar-refractivity contribution in [1.29, 1.82) is 0 Å². The number of rotatable bonds is 1. The third-order valence-electron chi connectivity index (χ3n) is 1.53. The van der Waals surface area contributed by atoms with Crippen molar-refractivity contribution in [2.24, 2.45) is 4.99 Å². The summed E-state index contributed by atoms with van der Waals surface area (Å²) in [6, 6.07) is 0.837. The van der Waals surface area contributed by atoms with Gasteiger partial charge in [-0.2, -0.15) is 13.2 Å². The number of nitrogens with two attached hydrogens (primary N) is 1. The molecule has 1 rings (SSSR count). The smallest absolute Gasteiger partial charge is 0.397 e. The van der Waals surface area contributed by atoms with Crippen LogP contribution in [0.15, 0.2) is 17.3 Å². The lowest BCUT2D eigenvalue weighted by atomic mass is 10.2. The van der Waals surface area contributed by atoms with Gasteiger partial charge in [-0.1, -0.05) is 0 Å². The van der Waals surface area contributed by atoms with E-state index in [1.807, 2.05) is 0 Å². The third-order valence-corrected chi connectivity index (χ3v) is 1.53. The van der Waals surface area contributed by atoms with E-state index in [4.69, 9.17) is 5.73 Å². The van der Waals surface area contributed by atoms with Gasteiger partial charge in [0.1, 0.15) is 5.69 Å². The summed E-state index contributed by atoms with van der Waals surface area (Å²) in [6.07, 6.45) is -2.38. The number of nitrogens with zero attached hydrogens (tertiary/aromatic N) is 2. The predicted octanol–water partition coefficient (Wildman–Crippen LogP) is 1.73. The standard InChI is InChI=1S/C8H8F3N3/c1-13-4-7-6(12)2-5(3-14-7)8(9,10)11/h2-4H,12H2,1H3. The highest BCUT2D eigenvalue weighted by Crippen LogP contribution is 2.29. The van der Waals surface area contributed by atoms with E-state index in [0.717, 1.165) is 12.3 Å². The summed E-state index contributed by atoms with van der Waals surface area (Å²) in [5.74, 6) is 0. The zero-order chi connectivity index (χ0) is 10.8. The molecule has 0 radical (unpaired) electrons.